The predicted octanol–water partition coefficient (Wildman–Crippen LogP) is 3.46. The zero-order chi connectivity index (χ0) is 14.3. The fraction of sp³-hybridized carbons (Fsp3) is 0.533. The molecule has 19 heavy (non-hydrogen) atoms. The van der Waals surface area contributed by atoms with Crippen molar-refractivity contribution >= 4 is 17.6 Å². The van der Waals surface area contributed by atoms with Crippen LogP contribution in [0.1, 0.15) is 31.7 Å². The molecule has 3 nitrogen and oxygen atoms in total. The second kappa shape index (κ2) is 8.18. The van der Waals surface area contributed by atoms with Gasteiger partial charge in [-0.25, -0.2) is 0 Å². The van der Waals surface area contributed by atoms with Gasteiger partial charge in [-0.3, -0.25) is 4.79 Å². The van der Waals surface area contributed by atoms with Crippen LogP contribution in [0.2, 0.25) is 5.02 Å². The minimum absolute atomic E-state index is 0.0326. The van der Waals surface area contributed by atoms with Gasteiger partial charge >= 0.3 is 5.97 Å². The Balaban J connectivity index is 2.67. The highest BCUT2D eigenvalue weighted by Crippen LogP contribution is 2.15. The number of aliphatic carboxylic acids is 1. The van der Waals surface area contributed by atoms with Crippen molar-refractivity contribution in [2.75, 3.05) is 13.6 Å². The molecule has 0 heterocycles. The van der Waals surface area contributed by atoms with Crippen LogP contribution < -0.4 is 0 Å². The van der Waals surface area contributed by atoms with Gasteiger partial charge in [0.1, 0.15) is 0 Å². The van der Waals surface area contributed by atoms with E-state index in [0.29, 0.717) is 5.02 Å². The Morgan fingerprint density at radius 3 is 2.53 bits per heavy atom. The first-order valence-corrected chi connectivity index (χ1v) is 7.07. The number of benzene rings is 1. The average molecular weight is 284 g/mol. The highest BCUT2D eigenvalue weighted by molar-refractivity contribution is 6.30. The summed E-state index contributed by atoms with van der Waals surface area (Å²) in [6.07, 6.45) is 3.12. The molecule has 0 amide bonds. The van der Waals surface area contributed by atoms with E-state index in [1.54, 1.807) is 0 Å². The lowest BCUT2D eigenvalue weighted by Gasteiger charge is -2.27. The molecule has 1 atom stereocenters. The Bertz CT molecular complexity index is 392. The molecule has 0 saturated carbocycles. The second-order valence-electron chi connectivity index (χ2n) is 4.92. The zero-order valence-corrected chi connectivity index (χ0v) is 12.4. The molecule has 0 bridgehead atoms. The van der Waals surface area contributed by atoms with E-state index < -0.39 is 5.97 Å². The van der Waals surface area contributed by atoms with Gasteiger partial charge in [-0.15, -0.1) is 0 Å². The van der Waals surface area contributed by atoms with Gasteiger partial charge in [-0.2, -0.15) is 0 Å². The van der Waals surface area contributed by atoms with Crippen molar-refractivity contribution in [2.45, 2.75) is 38.6 Å². The SMILES string of the molecule is CCCCN(C)C(CC(=O)O)Cc1ccc(Cl)cc1. The molecule has 0 radical (unpaired) electrons. The van der Waals surface area contributed by atoms with Crippen molar-refractivity contribution < 1.29 is 9.90 Å². The molecule has 4 heteroatoms. The van der Waals surface area contributed by atoms with Crippen LogP contribution in [-0.2, 0) is 11.2 Å². The quantitative estimate of drug-likeness (QED) is 0.794. The molecule has 1 rings (SSSR count). The van der Waals surface area contributed by atoms with Crippen molar-refractivity contribution in [2.24, 2.45) is 0 Å². The predicted molar refractivity (Wildman–Crippen MR) is 78.7 cm³/mol. The molecule has 0 spiro atoms. The molecule has 1 aromatic rings. The van der Waals surface area contributed by atoms with E-state index in [2.05, 4.69) is 11.8 Å². The number of likely N-dealkylation sites (N-methyl/N-ethyl adjacent to an activating group) is 1. The molecule has 0 fully saturated rings. The van der Waals surface area contributed by atoms with Gasteiger partial charge in [0.2, 0.25) is 0 Å². The van der Waals surface area contributed by atoms with Crippen LogP contribution in [0.4, 0.5) is 0 Å². The normalized spacial score (nSPS) is 12.6. The van der Waals surface area contributed by atoms with Crippen LogP contribution in [0.5, 0.6) is 0 Å². The van der Waals surface area contributed by atoms with Crippen molar-refractivity contribution in [3.8, 4) is 0 Å². The number of carbonyl (C=O) groups is 1. The van der Waals surface area contributed by atoms with Crippen molar-refractivity contribution in [3.63, 3.8) is 0 Å². The first-order valence-electron chi connectivity index (χ1n) is 6.69. The Morgan fingerprint density at radius 2 is 2.00 bits per heavy atom. The molecule has 106 valence electrons. The smallest absolute Gasteiger partial charge is 0.304 e. The molecule has 1 N–H and O–H groups in total. The van der Waals surface area contributed by atoms with Crippen molar-refractivity contribution in [1.29, 1.82) is 0 Å². The molecule has 0 aliphatic heterocycles. The molecule has 1 aromatic carbocycles. The number of halogens is 1. The van der Waals surface area contributed by atoms with E-state index in [0.717, 1.165) is 31.4 Å². The van der Waals surface area contributed by atoms with Crippen LogP contribution >= 0.6 is 11.6 Å². The Morgan fingerprint density at radius 1 is 1.37 bits per heavy atom. The first-order chi connectivity index (χ1) is 9.02. The minimum Gasteiger partial charge on any atom is -0.481 e. The van der Waals surface area contributed by atoms with Crippen LogP contribution in [0.3, 0.4) is 0 Å². The van der Waals surface area contributed by atoms with Gasteiger partial charge in [0, 0.05) is 11.1 Å². The van der Waals surface area contributed by atoms with E-state index in [9.17, 15) is 4.79 Å². The number of hydrogen-bond donors (Lipinski definition) is 1. The number of carboxylic acid groups (broad SMARTS) is 1. The molecule has 0 aliphatic rings. The monoisotopic (exact) mass is 283 g/mol. The molecule has 0 aliphatic carbocycles. The fourth-order valence-electron chi connectivity index (χ4n) is 2.07. The summed E-state index contributed by atoms with van der Waals surface area (Å²) in [6.45, 7) is 3.07. The number of unbranched alkanes of at least 4 members (excludes halogenated alkanes) is 1. The zero-order valence-electron chi connectivity index (χ0n) is 11.6. The van der Waals surface area contributed by atoms with Gasteiger partial charge in [0.25, 0.3) is 0 Å². The van der Waals surface area contributed by atoms with E-state index in [1.165, 1.54) is 0 Å². The van der Waals surface area contributed by atoms with Crippen LogP contribution in [-0.4, -0.2) is 35.6 Å². The summed E-state index contributed by atoms with van der Waals surface area (Å²) in [5, 5.41) is 9.74. The summed E-state index contributed by atoms with van der Waals surface area (Å²) in [6, 6.07) is 7.65. The molecule has 0 saturated heterocycles. The molecule has 1 unspecified atom stereocenters. The molecule has 0 aromatic heterocycles. The maximum atomic E-state index is 11.0. The maximum Gasteiger partial charge on any atom is 0.304 e. The highest BCUT2D eigenvalue weighted by atomic mass is 35.5. The van der Waals surface area contributed by atoms with Crippen LogP contribution in [0.15, 0.2) is 24.3 Å². The maximum absolute atomic E-state index is 11.0. The lowest BCUT2D eigenvalue weighted by molar-refractivity contribution is -0.138. The number of rotatable bonds is 8. The Labute approximate surface area is 120 Å². The van der Waals surface area contributed by atoms with E-state index in [-0.39, 0.29) is 12.5 Å². The fourth-order valence-corrected chi connectivity index (χ4v) is 2.19. The van der Waals surface area contributed by atoms with Gasteiger partial charge in [-0.1, -0.05) is 37.1 Å². The highest BCUT2D eigenvalue weighted by Gasteiger charge is 2.18. The Hall–Kier alpha value is -1.06. The van der Waals surface area contributed by atoms with Crippen LogP contribution in [0.25, 0.3) is 0 Å². The first kappa shape index (κ1) is 16.0. The summed E-state index contributed by atoms with van der Waals surface area (Å²) in [5.41, 5.74) is 1.12. The summed E-state index contributed by atoms with van der Waals surface area (Å²) >= 11 is 5.86. The van der Waals surface area contributed by atoms with Crippen molar-refractivity contribution in [3.05, 3.63) is 34.9 Å². The average Bonchev–Trinajstić information content (AvgIpc) is 2.37. The lowest BCUT2D eigenvalue weighted by Crippen LogP contribution is -2.36. The number of carboxylic acids is 1. The summed E-state index contributed by atoms with van der Waals surface area (Å²) in [5.74, 6) is -0.748. The topological polar surface area (TPSA) is 40.5 Å². The Kier molecular flexibility index (Phi) is 6.89. The van der Waals surface area contributed by atoms with E-state index >= 15 is 0 Å². The minimum atomic E-state index is -0.748. The van der Waals surface area contributed by atoms with Gasteiger partial charge < -0.3 is 10.0 Å². The van der Waals surface area contributed by atoms with E-state index in [4.69, 9.17) is 16.7 Å². The largest absolute Gasteiger partial charge is 0.481 e. The van der Waals surface area contributed by atoms with Crippen LogP contribution in [0, 0.1) is 0 Å². The van der Waals surface area contributed by atoms with Crippen molar-refractivity contribution in [1.82, 2.24) is 4.90 Å². The van der Waals surface area contributed by atoms with E-state index in [1.807, 2.05) is 31.3 Å². The lowest BCUT2D eigenvalue weighted by atomic mass is 10.0. The summed E-state index contributed by atoms with van der Waals surface area (Å²) < 4.78 is 0. The summed E-state index contributed by atoms with van der Waals surface area (Å²) in [7, 11) is 2.00. The third-order valence-corrected chi connectivity index (χ3v) is 3.53. The standard InChI is InChI=1S/C15H22ClNO2/c1-3-4-9-17(2)14(11-15(18)19)10-12-5-7-13(16)8-6-12/h5-8,14H,3-4,9-11H2,1-2H3,(H,18,19). The molecular weight excluding hydrogens is 262 g/mol. The second-order valence-corrected chi connectivity index (χ2v) is 5.35. The summed E-state index contributed by atoms with van der Waals surface area (Å²) in [4.78, 5) is 13.1. The third-order valence-electron chi connectivity index (χ3n) is 3.28. The van der Waals surface area contributed by atoms with Gasteiger partial charge in [-0.05, 0) is 44.1 Å². The number of hydrogen-bond acceptors (Lipinski definition) is 2. The molecular formula is C15H22ClNO2. The third kappa shape index (κ3) is 6.08. The van der Waals surface area contributed by atoms with Gasteiger partial charge in [0.15, 0.2) is 0 Å². The number of nitrogens with zero attached hydrogens (tertiary/aromatic N) is 1. The van der Waals surface area contributed by atoms with Gasteiger partial charge in [0.05, 0.1) is 6.42 Å².